The van der Waals surface area contributed by atoms with Gasteiger partial charge in [-0.15, -0.1) is 0 Å². The van der Waals surface area contributed by atoms with Gasteiger partial charge in [-0.05, 0) is 48.4 Å². The number of alkyl halides is 6. The van der Waals surface area contributed by atoms with Crippen molar-refractivity contribution in [2.45, 2.75) is 53.0 Å². The summed E-state index contributed by atoms with van der Waals surface area (Å²) in [6.45, 7) is -1.68. The number of halogens is 9. The first-order chi connectivity index (χ1) is 21.5. The zero-order valence-electron chi connectivity index (χ0n) is 23.8. The quantitative estimate of drug-likeness (QED) is 0.140. The van der Waals surface area contributed by atoms with Crippen LogP contribution in [0.2, 0.25) is 0 Å². The normalized spacial score (nSPS) is 22.7. The topological polar surface area (TPSA) is 68.4 Å². The van der Waals surface area contributed by atoms with Crippen molar-refractivity contribution in [3.05, 3.63) is 101 Å². The minimum Gasteiger partial charge on any atom is -0.382 e. The summed E-state index contributed by atoms with van der Waals surface area (Å²) >= 11 is 0. The van der Waals surface area contributed by atoms with E-state index in [1.165, 1.54) is 7.11 Å². The van der Waals surface area contributed by atoms with Crippen molar-refractivity contribution >= 4 is 9.84 Å². The van der Waals surface area contributed by atoms with E-state index in [-0.39, 0.29) is 42.7 Å². The van der Waals surface area contributed by atoms with Crippen molar-refractivity contribution in [3.8, 4) is 0 Å². The maximum Gasteiger partial charge on any atom is 0.430 e. The molecule has 0 N–H and O–H groups in total. The first kappa shape index (κ1) is 34.2. The Balaban J connectivity index is 1.59. The van der Waals surface area contributed by atoms with E-state index in [0.717, 1.165) is 42.5 Å². The number of nitrogens with zero attached hydrogens (tertiary/aromatic N) is 1. The van der Waals surface area contributed by atoms with E-state index in [9.17, 15) is 47.9 Å². The molecule has 0 amide bonds. The van der Waals surface area contributed by atoms with Crippen LogP contribution in [0.25, 0.3) is 0 Å². The second-order valence-corrected chi connectivity index (χ2v) is 13.2. The summed E-state index contributed by atoms with van der Waals surface area (Å²) in [6.07, 6.45) is -13.4. The minimum absolute atomic E-state index is 0.124. The highest BCUT2D eigenvalue weighted by Crippen LogP contribution is 2.54. The molecule has 0 aliphatic carbocycles. The third kappa shape index (κ3) is 5.78. The van der Waals surface area contributed by atoms with Gasteiger partial charge in [-0.3, -0.25) is 4.90 Å². The molecule has 2 aliphatic heterocycles. The Labute approximate surface area is 257 Å². The lowest BCUT2D eigenvalue weighted by Gasteiger charge is -2.38. The van der Waals surface area contributed by atoms with Crippen molar-refractivity contribution in [1.29, 1.82) is 0 Å². The van der Waals surface area contributed by atoms with Gasteiger partial charge in [0.2, 0.25) is 0 Å². The molecule has 6 nitrogen and oxygen atoms in total. The number of sulfone groups is 1. The molecule has 3 atom stereocenters. The Bertz CT molecular complexity index is 1630. The fraction of sp³-hybridized carbons (Fsp3) is 0.400. The molecule has 3 aromatic carbocycles. The van der Waals surface area contributed by atoms with Gasteiger partial charge in [0.1, 0.15) is 34.5 Å². The first-order valence-electron chi connectivity index (χ1n) is 13.7. The van der Waals surface area contributed by atoms with Crippen LogP contribution in [0, 0.1) is 17.5 Å². The number of benzene rings is 3. The van der Waals surface area contributed by atoms with Crippen LogP contribution in [0.4, 0.5) is 39.5 Å². The smallest absolute Gasteiger partial charge is 0.382 e. The molecule has 3 aromatic rings. The lowest BCUT2D eigenvalue weighted by atomic mass is 9.88. The summed E-state index contributed by atoms with van der Waals surface area (Å²) in [5.41, 5.74) is -7.84. The van der Waals surface area contributed by atoms with Crippen molar-refractivity contribution in [2.75, 3.05) is 26.8 Å². The highest BCUT2D eigenvalue weighted by atomic mass is 32.2. The van der Waals surface area contributed by atoms with Gasteiger partial charge >= 0.3 is 12.4 Å². The first-order valence-corrected chi connectivity index (χ1v) is 15.2. The van der Waals surface area contributed by atoms with Crippen LogP contribution in [-0.2, 0) is 41.0 Å². The Morgan fingerprint density at radius 2 is 1.48 bits per heavy atom. The van der Waals surface area contributed by atoms with Gasteiger partial charge in [0.15, 0.2) is 9.84 Å². The molecule has 2 fully saturated rings. The molecule has 3 unspecified atom stereocenters. The average Bonchev–Trinajstić information content (AvgIpc) is 3.58. The summed E-state index contributed by atoms with van der Waals surface area (Å²) in [7, 11) is -3.02. The van der Waals surface area contributed by atoms with Crippen LogP contribution < -0.4 is 0 Å². The van der Waals surface area contributed by atoms with E-state index in [1.54, 1.807) is 4.90 Å². The van der Waals surface area contributed by atoms with Crippen LogP contribution in [0.3, 0.4) is 0 Å². The molecule has 2 heterocycles. The number of methoxy groups -OCH3 is 1. The SMILES string of the molecule is COCC1OC1N1CCC(c2ccc(C(OCc3c(F)cccc3F)(C(F)(F)F)C(F)(F)F)cc2)(S(=O)(=O)c2ccc(F)cc2)C1. The molecule has 46 heavy (non-hydrogen) atoms. The van der Waals surface area contributed by atoms with E-state index in [0.29, 0.717) is 24.3 Å². The highest BCUT2D eigenvalue weighted by molar-refractivity contribution is 7.92. The van der Waals surface area contributed by atoms with Gasteiger partial charge in [0.25, 0.3) is 5.60 Å². The van der Waals surface area contributed by atoms with Crippen LogP contribution in [0.15, 0.2) is 71.6 Å². The second-order valence-electron chi connectivity index (χ2n) is 10.9. The molecule has 0 bridgehead atoms. The van der Waals surface area contributed by atoms with Crippen LogP contribution >= 0.6 is 0 Å². The monoisotopic (exact) mass is 683 g/mol. The number of likely N-dealkylation sites (tertiary alicyclic amines) is 1. The number of hydrogen-bond donors (Lipinski definition) is 0. The third-order valence-electron chi connectivity index (χ3n) is 8.26. The Hall–Kier alpha value is -3.18. The molecule has 2 aliphatic rings. The molecular formula is C30H26F9NO5S. The van der Waals surface area contributed by atoms with Crippen LogP contribution in [0.1, 0.15) is 23.1 Å². The van der Waals surface area contributed by atoms with Crippen molar-refractivity contribution < 1.29 is 62.1 Å². The largest absolute Gasteiger partial charge is 0.430 e. The standard InChI is InChI=1S/C30H26F9NO5S/c1-43-16-25-26(45-25)40-14-13-27(17-40,46(41,42)21-11-9-20(31)10-12-21)18-5-7-19(8-6-18)28(29(34,35)36,30(37,38)39)44-15-22-23(32)3-2-4-24(22)33/h2-12,25-26H,13-17H2,1H3. The fourth-order valence-corrected chi connectivity index (χ4v) is 7.90. The highest BCUT2D eigenvalue weighted by Gasteiger charge is 2.73. The van der Waals surface area contributed by atoms with E-state index in [2.05, 4.69) is 4.74 Å². The Kier molecular flexibility index (Phi) is 9.00. The lowest BCUT2D eigenvalue weighted by molar-refractivity contribution is -0.392. The minimum atomic E-state index is -6.18. The predicted octanol–water partition coefficient (Wildman–Crippen LogP) is 6.39. The van der Waals surface area contributed by atoms with E-state index >= 15 is 0 Å². The van der Waals surface area contributed by atoms with E-state index < -0.39 is 74.0 Å². The molecule has 0 spiro atoms. The van der Waals surface area contributed by atoms with Gasteiger partial charge < -0.3 is 14.2 Å². The summed E-state index contributed by atoms with van der Waals surface area (Å²) < 4.78 is 170. The lowest BCUT2D eigenvalue weighted by Crippen LogP contribution is -2.56. The van der Waals surface area contributed by atoms with E-state index in [4.69, 9.17) is 9.47 Å². The van der Waals surface area contributed by atoms with Gasteiger partial charge in [0.05, 0.1) is 18.1 Å². The summed E-state index contributed by atoms with van der Waals surface area (Å²) in [5, 5.41) is 0. The number of ether oxygens (including phenoxy) is 3. The average molecular weight is 684 g/mol. The fourth-order valence-electron chi connectivity index (χ4n) is 5.81. The second kappa shape index (κ2) is 12.1. The zero-order chi connectivity index (χ0) is 33.7. The van der Waals surface area contributed by atoms with Crippen molar-refractivity contribution in [3.63, 3.8) is 0 Å². The Morgan fingerprint density at radius 3 is 2.02 bits per heavy atom. The number of epoxide rings is 1. The van der Waals surface area contributed by atoms with Gasteiger partial charge in [-0.1, -0.05) is 30.3 Å². The summed E-state index contributed by atoms with van der Waals surface area (Å²) in [4.78, 5) is 1.35. The molecule has 2 saturated heterocycles. The van der Waals surface area contributed by atoms with Gasteiger partial charge in [-0.25, -0.2) is 21.6 Å². The number of rotatable bonds is 10. The maximum atomic E-state index is 14.4. The molecule has 16 heteroatoms. The van der Waals surface area contributed by atoms with Gasteiger partial charge in [0, 0.05) is 31.3 Å². The molecular weight excluding hydrogens is 657 g/mol. The van der Waals surface area contributed by atoms with E-state index in [1.807, 2.05) is 0 Å². The zero-order valence-corrected chi connectivity index (χ0v) is 24.7. The maximum absolute atomic E-state index is 14.4. The summed E-state index contributed by atoms with van der Waals surface area (Å²) in [6, 6.07) is 8.51. The molecule has 5 rings (SSSR count). The van der Waals surface area contributed by atoms with Crippen LogP contribution in [-0.4, -0.2) is 64.8 Å². The summed E-state index contributed by atoms with van der Waals surface area (Å²) in [5.74, 6) is -3.57. The van der Waals surface area contributed by atoms with Crippen molar-refractivity contribution in [1.82, 2.24) is 4.90 Å². The number of hydrogen-bond acceptors (Lipinski definition) is 6. The van der Waals surface area contributed by atoms with Crippen molar-refractivity contribution in [2.24, 2.45) is 0 Å². The van der Waals surface area contributed by atoms with Gasteiger partial charge in [-0.2, -0.15) is 26.3 Å². The predicted molar refractivity (Wildman–Crippen MR) is 143 cm³/mol. The third-order valence-corrected chi connectivity index (χ3v) is 10.7. The molecule has 0 aromatic heterocycles. The van der Waals surface area contributed by atoms with Crippen LogP contribution in [0.5, 0.6) is 0 Å². The molecule has 0 saturated carbocycles. The molecule has 0 radical (unpaired) electrons. The molecule has 250 valence electrons. The Morgan fingerprint density at radius 1 is 0.891 bits per heavy atom.